The summed E-state index contributed by atoms with van der Waals surface area (Å²) in [5.41, 5.74) is 1.55. The van der Waals surface area contributed by atoms with Gasteiger partial charge in [0.15, 0.2) is 0 Å². The maximum Gasteiger partial charge on any atom is 0.243 e. The summed E-state index contributed by atoms with van der Waals surface area (Å²) < 4.78 is 11.3. The summed E-state index contributed by atoms with van der Waals surface area (Å²) in [7, 11) is 0. The second-order valence-electron chi connectivity index (χ2n) is 8.72. The fourth-order valence-electron chi connectivity index (χ4n) is 2.89. The molecule has 0 atom stereocenters. The third-order valence-corrected chi connectivity index (χ3v) is 4.76. The van der Waals surface area contributed by atoms with Crippen molar-refractivity contribution >= 4 is 28.9 Å². The van der Waals surface area contributed by atoms with Crippen molar-refractivity contribution < 1.29 is 19.1 Å². The second-order valence-corrected chi connectivity index (χ2v) is 8.72. The van der Waals surface area contributed by atoms with Crippen molar-refractivity contribution in [2.24, 2.45) is 5.41 Å². The summed E-state index contributed by atoms with van der Waals surface area (Å²) in [5.74, 6) is 1.25. The van der Waals surface area contributed by atoms with Gasteiger partial charge in [0.05, 0.1) is 6.54 Å². The molecule has 3 aromatic rings. The highest BCUT2D eigenvalue weighted by Gasteiger charge is 2.21. The zero-order valence-electron chi connectivity index (χ0n) is 19.8. The van der Waals surface area contributed by atoms with Crippen molar-refractivity contribution in [3.8, 4) is 11.5 Å². The molecule has 0 heterocycles. The van der Waals surface area contributed by atoms with Gasteiger partial charge in [-0.05, 0) is 54.6 Å². The highest BCUT2D eigenvalue weighted by Crippen LogP contribution is 2.20. The molecule has 34 heavy (non-hydrogen) atoms. The zero-order valence-corrected chi connectivity index (χ0v) is 19.8. The summed E-state index contributed by atoms with van der Waals surface area (Å²) in [6.45, 7) is 6.52. The minimum atomic E-state index is -0.500. The smallest absolute Gasteiger partial charge is 0.243 e. The lowest BCUT2D eigenvalue weighted by Crippen LogP contribution is -2.27. The van der Waals surface area contributed by atoms with Gasteiger partial charge in [-0.1, -0.05) is 45.0 Å². The molecule has 3 aromatic carbocycles. The molecule has 0 bridgehead atoms. The van der Waals surface area contributed by atoms with E-state index in [0.717, 1.165) is 17.2 Å². The van der Waals surface area contributed by atoms with Crippen LogP contribution in [0.2, 0.25) is 0 Å². The van der Waals surface area contributed by atoms with E-state index in [1.165, 1.54) is 0 Å². The van der Waals surface area contributed by atoms with Gasteiger partial charge in [-0.3, -0.25) is 9.59 Å². The molecule has 0 spiro atoms. The summed E-state index contributed by atoms with van der Waals surface area (Å²) in [5, 5.41) is 8.78. The van der Waals surface area contributed by atoms with Crippen LogP contribution in [0, 0.1) is 5.41 Å². The van der Waals surface area contributed by atoms with E-state index in [1.54, 1.807) is 24.3 Å². The third-order valence-electron chi connectivity index (χ3n) is 4.76. The van der Waals surface area contributed by atoms with Crippen molar-refractivity contribution in [2.45, 2.75) is 20.8 Å². The van der Waals surface area contributed by atoms with Crippen molar-refractivity contribution in [1.29, 1.82) is 0 Å². The van der Waals surface area contributed by atoms with Crippen LogP contribution < -0.4 is 25.4 Å². The number of anilines is 3. The highest BCUT2D eigenvalue weighted by molar-refractivity contribution is 5.97. The lowest BCUT2D eigenvalue weighted by atomic mass is 9.95. The number of amides is 2. The first-order chi connectivity index (χ1) is 16.3. The first kappa shape index (κ1) is 24.6. The second kappa shape index (κ2) is 11.7. The quantitative estimate of drug-likeness (QED) is 0.362. The maximum atomic E-state index is 12.3. The molecular weight excluding hydrogens is 430 g/mol. The van der Waals surface area contributed by atoms with Crippen LogP contribution >= 0.6 is 0 Å². The number of hydrogen-bond donors (Lipinski definition) is 3. The molecule has 0 saturated carbocycles. The number of carbonyl (C=O) groups excluding carboxylic acids is 2. The third kappa shape index (κ3) is 8.16. The summed E-state index contributed by atoms with van der Waals surface area (Å²) in [6.07, 6.45) is 0. The van der Waals surface area contributed by atoms with Gasteiger partial charge in [0.1, 0.15) is 24.7 Å². The molecule has 0 aliphatic carbocycles. The Morgan fingerprint density at radius 1 is 0.706 bits per heavy atom. The molecule has 0 radical (unpaired) electrons. The van der Waals surface area contributed by atoms with E-state index < -0.39 is 5.41 Å². The predicted molar refractivity (Wildman–Crippen MR) is 136 cm³/mol. The number of para-hydroxylation sites is 1. The fourth-order valence-corrected chi connectivity index (χ4v) is 2.89. The van der Waals surface area contributed by atoms with E-state index in [0.29, 0.717) is 24.6 Å². The van der Waals surface area contributed by atoms with Crippen molar-refractivity contribution in [3.05, 3.63) is 78.9 Å². The van der Waals surface area contributed by atoms with Crippen molar-refractivity contribution in [2.75, 3.05) is 35.7 Å². The van der Waals surface area contributed by atoms with Gasteiger partial charge in [-0.25, -0.2) is 0 Å². The van der Waals surface area contributed by atoms with Gasteiger partial charge in [-0.15, -0.1) is 0 Å². The van der Waals surface area contributed by atoms with E-state index in [9.17, 15) is 9.59 Å². The van der Waals surface area contributed by atoms with Crippen LogP contribution in [0.4, 0.5) is 17.1 Å². The molecule has 7 heteroatoms. The van der Waals surface area contributed by atoms with E-state index in [1.807, 2.05) is 75.4 Å². The lowest BCUT2D eigenvalue weighted by Gasteiger charge is -2.18. The van der Waals surface area contributed by atoms with Gasteiger partial charge in [0, 0.05) is 22.5 Å². The number of rotatable bonds is 10. The molecule has 0 aliphatic heterocycles. The first-order valence-corrected chi connectivity index (χ1v) is 11.2. The minimum Gasteiger partial charge on any atom is -0.490 e. The monoisotopic (exact) mass is 461 g/mol. The Labute approximate surface area is 200 Å². The standard InChI is InChI=1S/C27H31N3O4/c1-27(2,3)26(32)30-22-9-7-8-21(18-22)29-25(31)19-28-20-12-14-24(15-13-20)34-17-16-33-23-10-5-4-6-11-23/h4-15,18,28H,16-17,19H2,1-3H3,(H,29,31)(H,30,32). The number of hydrogen-bond acceptors (Lipinski definition) is 5. The molecule has 7 nitrogen and oxygen atoms in total. The van der Waals surface area contributed by atoms with Crippen LogP contribution in [0.25, 0.3) is 0 Å². The number of ether oxygens (including phenoxy) is 2. The van der Waals surface area contributed by atoms with Crippen LogP contribution in [-0.4, -0.2) is 31.6 Å². The van der Waals surface area contributed by atoms with Gasteiger partial charge in [0.25, 0.3) is 0 Å². The fraction of sp³-hybridized carbons (Fsp3) is 0.259. The first-order valence-electron chi connectivity index (χ1n) is 11.2. The lowest BCUT2D eigenvalue weighted by molar-refractivity contribution is -0.123. The summed E-state index contributed by atoms with van der Waals surface area (Å²) in [6, 6.07) is 24.0. The minimum absolute atomic E-state index is 0.0891. The molecule has 0 aromatic heterocycles. The summed E-state index contributed by atoms with van der Waals surface area (Å²) in [4.78, 5) is 24.5. The molecule has 178 valence electrons. The van der Waals surface area contributed by atoms with E-state index in [-0.39, 0.29) is 18.4 Å². The molecule has 3 N–H and O–H groups in total. The average molecular weight is 462 g/mol. The topological polar surface area (TPSA) is 88.7 Å². The van der Waals surface area contributed by atoms with Crippen LogP contribution in [0.1, 0.15) is 20.8 Å². The van der Waals surface area contributed by atoms with Crippen LogP contribution in [-0.2, 0) is 9.59 Å². The molecule has 0 unspecified atom stereocenters. The Kier molecular flexibility index (Phi) is 8.51. The Hall–Kier alpha value is -4.00. The summed E-state index contributed by atoms with van der Waals surface area (Å²) >= 11 is 0. The molecule has 0 saturated heterocycles. The largest absolute Gasteiger partial charge is 0.490 e. The number of benzene rings is 3. The predicted octanol–water partition coefficient (Wildman–Crippen LogP) is 5.18. The Balaban J connectivity index is 1.40. The molecule has 0 aliphatic rings. The van der Waals surface area contributed by atoms with Crippen LogP contribution in [0.5, 0.6) is 11.5 Å². The molecule has 0 fully saturated rings. The SMILES string of the molecule is CC(C)(C)C(=O)Nc1cccc(NC(=O)CNc2ccc(OCCOc3ccccc3)cc2)c1. The zero-order chi connectivity index (χ0) is 24.4. The highest BCUT2D eigenvalue weighted by atomic mass is 16.5. The normalized spacial score (nSPS) is 10.8. The van der Waals surface area contributed by atoms with Gasteiger partial charge < -0.3 is 25.4 Å². The Morgan fingerprint density at radius 2 is 1.29 bits per heavy atom. The molecular formula is C27H31N3O4. The maximum absolute atomic E-state index is 12.3. The van der Waals surface area contributed by atoms with E-state index in [4.69, 9.17) is 9.47 Å². The molecule has 2 amide bonds. The van der Waals surface area contributed by atoms with Crippen molar-refractivity contribution in [3.63, 3.8) is 0 Å². The van der Waals surface area contributed by atoms with Gasteiger partial charge >= 0.3 is 0 Å². The Morgan fingerprint density at radius 3 is 1.91 bits per heavy atom. The average Bonchev–Trinajstić information content (AvgIpc) is 2.81. The molecule has 3 rings (SSSR count). The van der Waals surface area contributed by atoms with Gasteiger partial charge in [0.2, 0.25) is 11.8 Å². The number of nitrogens with one attached hydrogen (secondary N) is 3. The van der Waals surface area contributed by atoms with Crippen molar-refractivity contribution in [1.82, 2.24) is 0 Å². The number of carbonyl (C=O) groups is 2. The van der Waals surface area contributed by atoms with E-state index in [2.05, 4.69) is 16.0 Å². The van der Waals surface area contributed by atoms with Gasteiger partial charge in [-0.2, -0.15) is 0 Å². The van der Waals surface area contributed by atoms with Crippen LogP contribution in [0.3, 0.4) is 0 Å². The Bertz CT molecular complexity index is 1080. The van der Waals surface area contributed by atoms with Crippen LogP contribution in [0.15, 0.2) is 78.9 Å². The van der Waals surface area contributed by atoms with E-state index >= 15 is 0 Å².